The largest absolute Gasteiger partial charge is 0.480 e. The second kappa shape index (κ2) is 66.5. The Labute approximate surface area is 726 Å². The molecule has 12 amide bonds. The number of unbranched alkanes of at least 4 members (excludes halogenated alkanes) is 29. The lowest BCUT2D eigenvalue weighted by molar-refractivity contribution is -0.142. The van der Waals surface area contributed by atoms with Gasteiger partial charge in [0, 0.05) is 57.2 Å². The molecule has 0 aromatic rings. The van der Waals surface area contributed by atoms with Gasteiger partial charge in [-0.3, -0.25) is 28.8 Å². The quantitative estimate of drug-likeness (QED) is 0.0199. The van der Waals surface area contributed by atoms with Crippen molar-refractivity contribution in [1.82, 2.24) is 63.8 Å². The Hall–Kier alpha value is -7.05. The maximum Gasteiger partial charge on any atom is 0.407 e. The number of alkyl carbamates (subject to hydrolysis) is 4. The summed E-state index contributed by atoms with van der Waals surface area (Å²) in [6.07, 6.45) is 30.9. The number of carboxylic acids is 1. The molecule has 0 aromatic heterocycles. The zero-order chi connectivity index (χ0) is 90.3. The number of aliphatic carboxylic acids is 1. The second-order valence-corrected chi connectivity index (χ2v) is 37.9. The van der Waals surface area contributed by atoms with E-state index >= 15 is 14.4 Å². The number of nitrogens with one attached hydrogen (secondary N) is 12. The highest BCUT2D eigenvalue weighted by atomic mass is 32.2. The van der Waals surface area contributed by atoms with Gasteiger partial charge in [-0.2, -0.15) is 11.8 Å². The summed E-state index contributed by atoms with van der Waals surface area (Å²) in [7, 11) is 0. The van der Waals surface area contributed by atoms with E-state index in [-0.39, 0.29) is 127 Å². The first kappa shape index (κ1) is 113. The molecule has 0 fully saturated rings. The number of carbonyl (C=O) groups is 12. The van der Waals surface area contributed by atoms with Crippen molar-refractivity contribution >= 4 is 83.6 Å². The van der Waals surface area contributed by atoms with Gasteiger partial charge in [0.15, 0.2) is 0 Å². The molecule has 13 N–H and O–H groups in total. The molecule has 0 aliphatic heterocycles. The van der Waals surface area contributed by atoms with Crippen LogP contribution in [-0.4, -0.2) is 199 Å². The number of amides is 12. The predicted octanol–water partition coefficient (Wildman–Crippen LogP) is 15.6. The van der Waals surface area contributed by atoms with E-state index in [0.717, 1.165) is 44.9 Å². The van der Waals surface area contributed by atoms with Crippen molar-refractivity contribution < 1.29 is 86.3 Å². The van der Waals surface area contributed by atoms with Gasteiger partial charge in [-0.05, 0) is 194 Å². The van der Waals surface area contributed by atoms with Crippen LogP contribution in [0.25, 0.3) is 0 Å². The molecule has 120 heavy (non-hydrogen) atoms. The van der Waals surface area contributed by atoms with Crippen LogP contribution < -0.4 is 63.8 Å². The summed E-state index contributed by atoms with van der Waals surface area (Å²) in [4.78, 5) is 165. The Balaban J connectivity index is 7.35. The summed E-state index contributed by atoms with van der Waals surface area (Å²) in [5.41, 5.74) is -4.01. The minimum absolute atomic E-state index is 0.0560. The van der Waals surface area contributed by atoms with E-state index in [1.807, 2.05) is 0 Å². The van der Waals surface area contributed by atoms with Gasteiger partial charge >= 0.3 is 36.4 Å². The standard InChI is InChI=1S/C89H168N12O18S/c1-18-20-22-24-26-28-30-32-34-36-38-40-42-48-58-90-80(110)91-63-64-120-66-72(96-73(102)57-43-41-39-37-35-33-31-29-27-25-23-21-19-2)78(107)101-71(65-115-85(3,4)5)77(106)99-68(54-45-50-60-93-82(112)117-87(9,10)11)75(104)97-67(53-44-49-59-92-81(111)116-86(6,7)8)74(103)98-69(55-46-51-61-94-83(113)118-88(12,13)14)76(105)100-70(79(108)109)56-47-52-62-95-84(114)119-89(15,16)17/h67-72H,18-66H2,1-17H3,(H,92,111)(H,93,112)(H,94,113)(H,95,114)(H,96,102)(H,97,104)(H,98,103)(H,99,106)(H,100,105)(H,101,107)(H,108,109)(H2,90,91,110)/t67-,68-,69-,70-,71+,72-/m0/s1. The Kier molecular flexibility index (Phi) is 62.6. The Morgan fingerprint density at radius 3 is 0.858 bits per heavy atom. The van der Waals surface area contributed by atoms with Crippen molar-refractivity contribution in [2.75, 3.05) is 57.4 Å². The number of ether oxygens (including phenoxy) is 5. The van der Waals surface area contributed by atoms with Crippen LogP contribution in [0.3, 0.4) is 0 Å². The Bertz CT molecular complexity index is 2860. The number of hydrogen-bond acceptors (Lipinski definition) is 18. The lowest BCUT2D eigenvalue weighted by Gasteiger charge is -2.29. The van der Waals surface area contributed by atoms with Crippen LogP contribution in [-0.2, 0) is 57.2 Å². The van der Waals surface area contributed by atoms with E-state index in [1.165, 1.54) is 134 Å². The lowest BCUT2D eigenvalue weighted by atomic mass is 10.0. The van der Waals surface area contributed by atoms with Gasteiger partial charge in [-0.15, -0.1) is 0 Å². The SMILES string of the molecule is CCCCCCCCCCCCCCCCNC(=O)NCCSC[C@H](NC(=O)CCCCCCCCCCCCCCC)C(=O)N[C@H](COC(C)(C)C)C(=O)N[C@@H](CCCCNC(=O)OC(C)(C)C)C(=O)N[C@@H](CCCCNC(=O)OC(C)(C)C)C(=O)N[C@@H](CCCCNC(=O)OC(C)(C)C)C(=O)N[C@@H](CCCCNC(=O)OC(C)(C)C)C(=O)O. The maximum atomic E-state index is 15.2. The number of thioether (sulfide) groups is 1. The summed E-state index contributed by atoms with van der Waals surface area (Å²) < 4.78 is 27.7. The first-order valence-corrected chi connectivity index (χ1v) is 46.8. The number of rotatable bonds is 68. The zero-order valence-corrected chi connectivity index (χ0v) is 78.2. The average Bonchev–Trinajstić information content (AvgIpc) is 0.868. The molecule has 31 heteroatoms. The van der Waals surface area contributed by atoms with Gasteiger partial charge in [0.05, 0.1) is 12.2 Å². The molecule has 0 radical (unpaired) electrons. The molecule has 698 valence electrons. The Morgan fingerprint density at radius 2 is 0.542 bits per heavy atom. The predicted molar refractivity (Wildman–Crippen MR) is 477 cm³/mol. The van der Waals surface area contributed by atoms with E-state index < -0.39 is 131 Å². The summed E-state index contributed by atoms with van der Waals surface area (Å²) in [6.45, 7) is 31.1. The molecule has 0 saturated heterocycles. The summed E-state index contributed by atoms with van der Waals surface area (Å²) in [6, 6.07) is -8.77. The highest BCUT2D eigenvalue weighted by Gasteiger charge is 2.35. The van der Waals surface area contributed by atoms with Gasteiger partial charge in [0.1, 0.15) is 58.7 Å². The molecule has 0 heterocycles. The van der Waals surface area contributed by atoms with E-state index in [9.17, 15) is 48.3 Å². The van der Waals surface area contributed by atoms with E-state index in [2.05, 4.69) is 77.6 Å². The first-order chi connectivity index (χ1) is 56.5. The normalized spacial score (nSPS) is 13.3. The van der Waals surface area contributed by atoms with Gasteiger partial charge in [0.2, 0.25) is 35.4 Å². The fourth-order valence-electron chi connectivity index (χ4n) is 12.6. The van der Waals surface area contributed by atoms with Crippen molar-refractivity contribution in [3.8, 4) is 0 Å². The van der Waals surface area contributed by atoms with Gasteiger partial charge in [-0.1, -0.05) is 174 Å². The number of carbonyl (C=O) groups excluding carboxylic acids is 11. The third-order valence-electron chi connectivity index (χ3n) is 19.0. The minimum atomic E-state index is -1.49. The molecule has 0 aliphatic carbocycles. The van der Waals surface area contributed by atoms with E-state index in [1.54, 1.807) is 104 Å². The zero-order valence-electron chi connectivity index (χ0n) is 77.4. The topological polar surface area (TPSA) is 416 Å². The van der Waals surface area contributed by atoms with Crippen LogP contribution in [0, 0.1) is 0 Å². The van der Waals surface area contributed by atoms with Gasteiger partial charge < -0.3 is 92.6 Å². The molecule has 6 atom stereocenters. The molecular weight excluding hydrogens is 1560 g/mol. The summed E-state index contributed by atoms with van der Waals surface area (Å²) in [5, 5.41) is 43.6. The summed E-state index contributed by atoms with van der Waals surface area (Å²) in [5.74, 6) is -5.49. The average molecular weight is 1730 g/mol. The monoisotopic (exact) mass is 1730 g/mol. The summed E-state index contributed by atoms with van der Waals surface area (Å²) >= 11 is 1.33. The highest BCUT2D eigenvalue weighted by Crippen LogP contribution is 2.19. The first-order valence-electron chi connectivity index (χ1n) is 45.7. The smallest absolute Gasteiger partial charge is 0.407 e. The lowest BCUT2D eigenvalue weighted by Crippen LogP contribution is -2.60. The van der Waals surface area contributed by atoms with Crippen molar-refractivity contribution in [3.63, 3.8) is 0 Å². The molecule has 0 aliphatic rings. The molecule has 0 unspecified atom stereocenters. The van der Waals surface area contributed by atoms with Crippen LogP contribution in [0.2, 0.25) is 0 Å². The fourth-order valence-corrected chi connectivity index (χ4v) is 13.5. The molecule has 0 spiro atoms. The van der Waals surface area contributed by atoms with Crippen molar-refractivity contribution in [2.45, 2.75) is 439 Å². The Morgan fingerprint density at radius 1 is 0.283 bits per heavy atom. The van der Waals surface area contributed by atoms with Gasteiger partial charge in [-0.25, -0.2) is 28.8 Å². The molecular formula is C89H168N12O18S. The number of carboxylic acid groups (broad SMARTS) is 1. The molecule has 30 nitrogen and oxygen atoms in total. The van der Waals surface area contributed by atoms with E-state index in [0.29, 0.717) is 25.1 Å². The van der Waals surface area contributed by atoms with Crippen LogP contribution in [0.5, 0.6) is 0 Å². The minimum Gasteiger partial charge on any atom is -0.480 e. The second-order valence-electron chi connectivity index (χ2n) is 36.7. The van der Waals surface area contributed by atoms with Crippen LogP contribution in [0.15, 0.2) is 0 Å². The molecule has 0 bridgehead atoms. The van der Waals surface area contributed by atoms with E-state index in [4.69, 9.17) is 23.7 Å². The molecule has 0 aromatic carbocycles. The molecule has 0 saturated carbocycles. The van der Waals surface area contributed by atoms with Crippen LogP contribution in [0.4, 0.5) is 24.0 Å². The number of hydrogen-bond donors (Lipinski definition) is 13. The van der Waals surface area contributed by atoms with Crippen LogP contribution >= 0.6 is 11.8 Å². The van der Waals surface area contributed by atoms with Crippen molar-refractivity contribution in [3.05, 3.63) is 0 Å². The fraction of sp³-hybridized carbons (Fsp3) is 0.865. The molecule has 0 rings (SSSR count). The van der Waals surface area contributed by atoms with Crippen molar-refractivity contribution in [2.24, 2.45) is 0 Å². The van der Waals surface area contributed by atoms with Crippen LogP contribution in [0.1, 0.15) is 375 Å². The highest BCUT2D eigenvalue weighted by molar-refractivity contribution is 7.99. The van der Waals surface area contributed by atoms with Gasteiger partial charge in [0.25, 0.3) is 0 Å². The number of urea groups is 1. The van der Waals surface area contributed by atoms with Crippen molar-refractivity contribution in [1.29, 1.82) is 0 Å². The third kappa shape index (κ3) is 69.5. The maximum absolute atomic E-state index is 15.2. The third-order valence-corrected chi connectivity index (χ3v) is 20.0.